The van der Waals surface area contributed by atoms with Crippen LogP contribution < -0.4 is 5.32 Å². The fourth-order valence-electron chi connectivity index (χ4n) is 2.29. The van der Waals surface area contributed by atoms with Gasteiger partial charge < -0.3 is 15.3 Å². The van der Waals surface area contributed by atoms with Crippen LogP contribution in [0.5, 0.6) is 5.75 Å². The van der Waals surface area contributed by atoms with E-state index >= 15 is 0 Å². The van der Waals surface area contributed by atoms with Crippen molar-refractivity contribution in [1.82, 2.24) is 10.2 Å². The molecule has 0 radical (unpaired) electrons. The minimum atomic E-state index is 0.192. The Bertz CT molecular complexity index is 401. The van der Waals surface area contributed by atoms with Gasteiger partial charge in [-0.1, -0.05) is 17.7 Å². The van der Waals surface area contributed by atoms with Crippen molar-refractivity contribution >= 4 is 0 Å². The highest BCUT2D eigenvalue weighted by molar-refractivity contribution is 5.37. The van der Waals surface area contributed by atoms with Crippen LogP contribution in [-0.2, 0) is 0 Å². The molecule has 1 fully saturated rings. The Hall–Kier alpha value is -1.06. The molecule has 0 bridgehead atoms. The van der Waals surface area contributed by atoms with Gasteiger partial charge in [-0.15, -0.1) is 0 Å². The summed E-state index contributed by atoms with van der Waals surface area (Å²) in [5.41, 5.74) is 2.18. The number of phenols is 1. The van der Waals surface area contributed by atoms with Crippen LogP contribution in [0.4, 0.5) is 0 Å². The van der Waals surface area contributed by atoms with E-state index in [9.17, 15) is 5.11 Å². The average molecular weight is 248 g/mol. The van der Waals surface area contributed by atoms with Gasteiger partial charge in [0.1, 0.15) is 5.75 Å². The SMILES string of the molecule is Cc1ccc(O)c(C(C)NCCN(C)C2CC2)c1. The lowest BCUT2D eigenvalue weighted by molar-refractivity contribution is 0.315. The molecule has 1 aliphatic carbocycles. The summed E-state index contributed by atoms with van der Waals surface area (Å²) in [6.07, 6.45) is 2.70. The van der Waals surface area contributed by atoms with E-state index in [1.165, 1.54) is 18.4 Å². The Morgan fingerprint density at radius 3 is 2.83 bits per heavy atom. The fraction of sp³-hybridized carbons (Fsp3) is 0.600. The molecule has 2 N–H and O–H groups in total. The molecule has 1 atom stereocenters. The van der Waals surface area contributed by atoms with E-state index < -0.39 is 0 Å². The molecule has 0 aliphatic heterocycles. The smallest absolute Gasteiger partial charge is 0.120 e. The third-order valence-corrected chi connectivity index (χ3v) is 3.73. The van der Waals surface area contributed by atoms with Crippen LogP contribution in [-0.4, -0.2) is 36.2 Å². The second-order valence-corrected chi connectivity index (χ2v) is 5.45. The van der Waals surface area contributed by atoms with E-state index in [0.29, 0.717) is 5.75 Å². The molecule has 0 saturated heterocycles. The Balaban J connectivity index is 1.82. The summed E-state index contributed by atoms with van der Waals surface area (Å²) in [6, 6.07) is 6.77. The summed E-state index contributed by atoms with van der Waals surface area (Å²) in [6.45, 7) is 6.19. The minimum Gasteiger partial charge on any atom is -0.508 e. The van der Waals surface area contributed by atoms with Crippen molar-refractivity contribution in [3.05, 3.63) is 29.3 Å². The van der Waals surface area contributed by atoms with Crippen molar-refractivity contribution in [1.29, 1.82) is 0 Å². The van der Waals surface area contributed by atoms with E-state index in [2.05, 4.69) is 37.2 Å². The summed E-state index contributed by atoms with van der Waals surface area (Å²) in [5, 5.41) is 13.3. The van der Waals surface area contributed by atoms with Gasteiger partial charge in [-0.3, -0.25) is 0 Å². The van der Waals surface area contributed by atoms with Crippen molar-refractivity contribution in [2.75, 3.05) is 20.1 Å². The fourth-order valence-corrected chi connectivity index (χ4v) is 2.29. The van der Waals surface area contributed by atoms with E-state index in [-0.39, 0.29) is 6.04 Å². The second kappa shape index (κ2) is 5.72. The summed E-state index contributed by atoms with van der Waals surface area (Å²) in [7, 11) is 2.19. The molecule has 1 saturated carbocycles. The van der Waals surface area contributed by atoms with Crippen LogP contribution in [0, 0.1) is 6.92 Å². The highest BCUT2D eigenvalue weighted by Gasteiger charge is 2.25. The highest BCUT2D eigenvalue weighted by Crippen LogP contribution is 2.26. The van der Waals surface area contributed by atoms with Crippen LogP contribution >= 0.6 is 0 Å². The first-order valence-corrected chi connectivity index (χ1v) is 6.81. The quantitative estimate of drug-likeness (QED) is 0.811. The molecule has 1 aliphatic rings. The average Bonchev–Trinajstić information content (AvgIpc) is 3.16. The summed E-state index contributed by atoms with van der Waals surface area (Å²) < 4.78 is 0. The Kier molecular flexibility index (Phi) is 4.25. The maximum absolute atomic E-state index is 9.86. The van der Waals surface area contributed by atoms with Crippen LogP contribution in [0.2, 0.25) is 0 Å². The lowest BCUT2D eigenvalue weighted by Crippen LogP contribution is -2.32. The van der Waals surface area contributed by atoms with Gasteiger partial charge in [0.05, 0.1) is 0 Å². The van der Waals surface area contributed by atoms with E-state index in [1.807, 2.05) is 6.07 Å². The van der Waals surface area contributed by atoms with E-state index in [1.54, 1.807) is 6.07 Å². The molecular weight excluding hydrogens is 224 g/mol. The van der Waals surface area contributed by atoms with Gasteiger partial charge >= 0.3 is 0 Å². The summed E-state index contributed by atoms with van der Waals surface area (Å²) in [5.74, 6) is 0.385. The predicted molar refractivity (Wildman–Crippen MR) is 74.9 cm³/mol. The zero-order valence-electron chi connectivity index (χ0n) is 11.6. The largest absolute Gasteiger partial charge is 0.508 e. The molecule has 0 spiro atoms. The normalized spacial score (nSPS) is 17.1. The Morgan fingerprint density at radius 2 is 2.17 bits per heavy atom. The maximum Gasteiger partial charge on any atom is 0.120 e. The standard InChI is InChI=1S/C15H24N2O/c1-11-4-7-15(18)14(10-11)12(2)16-8-9-17(3)13-5-6-13/h4,7,10,12-13,16,18H,5-6,8-9H2,1-3H3. The molecular formula is C15H24N2O. The van der Waals surface area contributed by atoms with E-state index in [4.69, 9.17) is 0 Å². The molecule has 3 nitrogen and oxygen atoms in total. The first kappa shape index (κ1) is 13.4. The van der Waals surface area contributed by atoms with Gasteiger partial charge in [0, 0.05) is 30.7 Å². The number of benzene rings is 1. The monoisotopic (exact) mass is 248 g/mol. The minimum absolute atomic E-state index is 0.192. The van der Waals surface area contributed by atoms with Crippen LogP contribution in [0.3, 0.4) is 0 Å². The molecule has 1 unspecified atom stereocenters. The van der Waals surface area contributed by atoms with Gasteiger partial charge in [-0.05, 0) is 39.8 Å². The lowest BCUT2D eigenvalue weighted by atomic mass is 10.0. The number of aromatic hydroxyl groups is 1. The lowest BCUT2D eigenvalue weighted by Gasteiger charge is -2.20. The molecule has 3 heteroatoms. The first-order chi connectivity index (χ1) is 8.58. The zero-order chi connectivity index (χ0) is 13.1. The molecule has 2 rings (SSSR count). The van der Waals surface area contributed by atoms with Gasteiger partial charge in [0.2, 0.25) is 0 Å². The van der Waals surface area contributed by atoms with Crippen LogP contribution in [0.1, 0.15) is 36.9 Å². The Morgan fingerprint density at radius 1 is 1.44 bits per heavy atom. The zero-order valence-corrected chi connectivity index (χ0v) is 11.6. The summed E-state index contributed by atoms with van der Waals surface area (Å²) in [4.78, 5) is 2.41. The van der Waals surface area contributed by atoms with Gasteiger partial charge in [0.15, 0.2) is 0 Å². The van der Waals surface area contributed by atoms with Gasteiger partial charge in [-0.25, -0.2) is 0 Å². The number of rotatable bonds is 6. The number of nitrogens with zero attached hydrogens (tertiary/aromatic N) is 1. The van der Waals surface area contributed by atoms with Gasteiger partial charge in [-0.2, -0.15) is 0 Å². The van der Waals surface area contributed by atoms with Crippen molar-refractivity contribution < 1.29 is 5.11 Å². The molecule has 18 heavy (non-hydrogen) atoms. The number of hydrogen-bond donors (Lipinski definition) is 2. The number of aryl methyl sites for hydroxylation is 1. The maximum atomic E-state index is 9.86. The molecule has 0 heterocycles. The summed E-state index contributed by atoms with van der Waals surface area (Å²) >= 11 is 0. The second-order valence-electron chi connectivity index (χ2n) is 5.45. The third-order valence-electron chi connectivity index (χ3n) is 3.73. The first-order valence-electron chi connectivity index (χ1n) is 6.81. The van der Waals surface area contributed by atoms with E-state index in [0.717, 1.165) is 24.7 Å². The van der Waals surface area contributed by atoms with Crippen LogP contribution in [0.15, 0.2) is 18.2 Å². The number of phenolic OH excluding ortho intramolecular Hbond substituents is 1. The van der Waals surface area contributed by atoms with Crippen molar-refractivity contribution in [3.63, 3.8) is 0 Å². The van der Waals surface area contributed by atoms with Crippen LogP contribution in [0.25, 0.3) is 0 Å². The molecule has 1 aromatic carbocycles. The number of hydrogen-bond acceptors (Lipinski definition) is 3. The predicted octanol–water partition coefficient (Wildman–Crippen LogP) is 2.45. The Labute approximate surface area is 110 Å². The highest BCUT2D eigenvalue weighted by atomic mass is 16.3. The van der Waals surface area contributed by atoms with Crippen molar-refractivity contribution in [3.8, 4) is 5.75 Å². The molecule has 1 aromatic rings. The number of nitrogens with one attached hydrogen (secondary N) is 1. The third kappa shape index (κ3) is 3.47. The van der Waals surface area contributed by atoms with Gasteiger partial charge in [0.25, 0.3) is 0 Å². The van der Waals surface area contributed by atoms with Crippen molar-refractivity contribution in [2.45, 2.75) is 38.8 Å². The molecule has 0 aromatic heterocycles. The van der Waals surface area contributed by atoms with Crippen molar-refractivity contribution in [2.24, 2.45) is 0 Å². The molecule has 0 amide bonds. The molecule has 100 valence electrons. The topological polar surface area (TPSA) is 35.5 Å². The number of likely N-dealkylation sites (N-methyl/N-ethyl adjacent to an activating group) is 1.